The van der Waals surface area contributed by atoms with E-state index in [0.29, 0.717) is 5.92 Å². The third-order valence-electron chi connectivity index (χ3n) is 2.81. The van der Waals surface area contributed by atoms with Gasteiger partial charge in [-0.15, -0.1) is 0 Å². The zero-order chi connectivity index (χ0) is 10.1. The van der Waals surface area contributed by atoms with Crippen LogP contribution in [0.25, 0.3) is 0 Å². The second kappa shape index (κ2) is 3.89. The van der Waals surface area contributed by atoms with E-state index in [1.807, 2.05) is 24.3 Å². The Morgan fingerprint density at radius 1 is 1.29 bits per heavy atom. The first-order valence-corrected chi connectivity index (χ1v) is 5.33. The number of halogens is 1. The average Bonchev–Trinajstić information content (AvgIpc) is 2.99. The van der Waals surface area contributed by atoms with Crippen molar-refractivity contribution in [3.63, 3.8) is 0 Å². The van der Waals surface area contributed by atoms with E-state index in [-0.39, 0.29) is 12.1 Å². The highest BCUT2D eigenvalue weighted by Crippen LogP contribution is 2.36. The quantitative estimate of drug-likeness (QED) is 0.803. The zero-order valence-electron chi connectivity index (χ0n) is 7.99. The van der Waals surface area contributed by atoms with Gasteiger partial charge in [0.05, 0.1) is 0 Å². The van der Waals surface area contributed by atoms with Crippen molar-refractivity contribution in [1.29, 1.82) is 0 Å². The van der Waals surface area contributed by atoms with Crippen molar-refractivity contribution in [2.45, 2.75) is 24.9 Å². The molecule has 2 unspecified atom stereocenters. The van der Waals surface area contributed by atoms with Crippen LogP contribution in [0.1, 0.15) is 24.4 Å². The lowest BCUT2D eigenvalue weighted by Crippen LogP contribution is -2.35. The second-order valence-electron chi connectivity index (χ2n) is 4.00. The molecule has 1 fully saturated rings. The van der Waals surface area contributed by atoms with Gasteiger partial charge in [-0.25, -0.2) is 0 Å². The molecular weight excluding hydrogens is 196 g/mol. The molecule has 1 aliphatic carbocycles. The Kier molecular flexibility index (Phi) is 2.77. The highest BCUT2D eigenvalue weighted by atomic mass is 35.5. The van der Waals surface area contributed by atoms with Gasteiger partial charge in [-0.05, 0) is 36.5 Å². The Labute approximate surface area is 89.2 Å². The van der Waals surface area contributed by atoms with Crippen LogP contribution in [0.15, 0.2) is 24.3 Å². The first-order chi connectivity index (χ1) is 6.68. The number of hydrogen-bond donors (Lipinski definition) is 2. The summed E-state index contributed by atoms with van der Waals surface area (Å²) in [6, 6.07) is 7.64. The summed E-state index contributed by atoms with van der Waals surface area (Å²) in [5, 5.41) is 0.723. The first kappa shape index (κ1) is 9.97. The Hall–Kier alpha value is -0.570. The standard InChI is InChI=1S/C11H15ClN2/c12-9-3-1-2-8(6-9)11(14)10(13)7-4-5-7/h1-3,6-7,10-11H,4-5,13-14H2. The van der Waals surface area contributed by atoms with Gasteiger partial charge in [-0.3, -0.25) is 0 Å². The third kappa shape index (κ3) is 2.08. The summed E-state index contributed by atoms with van der Waals surface area (Å²) < 4.78 is 0. The van der Waals surface area contributed by atoms with E-state index in [9.17, 15) is 0 Å². The SMILES string of the molecule is NC(c1cccc(Cl)c1)C(N)C1CC1. The lowest BCUT2D eigenvalue weighted by molar-refractivity contribution is 0.494. The van der Waals surface area contributed by atoms with E-state index in [1.165, 1.54) is 12.8 Å². The molecule has 1 aliphatic rings. The van der Waals surface area contributed by atoms with Crippen LogP contribution in [-0.4, -0.2) is 6.04 Å². The smallest absolute Gasteiger partial charge is 0.0451 e. The van der Waals surface area contributed by atoms with E-state index < -0.39 is 0 Å². The van der Waals surface area contributed by atoms with Crippen LogP contribution in [0.5, 0.6) is 0 Å². The van der Waals surface area contributed by atoms with Gasteiger partial charge in [0.2, 0.25) is 0 Å². The minimum absolute atomic E-state index is 0.0773. The molecule has 2 nitrogen and oxygen atoms in total. The van der Waals surface area contributed by atoms with E-state index in [4.69, 9.17) is 23.1 Å². The van der Waals surface area contributed by atoms with Gasteiger partial charge in [0, 0.05) is 17.1 Å². The molecular formula is C11H15ClN2. The highest BCUT2D eigenvalue weighted by Gasteiger charge is 2.32. The molecule has 0 amide bonds. The normalized spacial score (nSPS) is 20.5. The van der Waals surface area contributed by atoms with Gasteiger partial charge < -0.3 is 11.5 Å². The summed E-state index contributed by atoms with van der Waals surface area (Å²) in [6.07, 6.45) is 2.44. The maximum Gasteiger partial charge on any atom is 0.0451 e. The molecule has 0 spiro atoms. The van der Waals surface area contributed by atoms with Gasteiger partial charge in [0.1, 0.15) is 0 Å². The minimum Gasteiger partial charge on any atom is -0.326 e. The van der Waals surface area contributed by atoms with Crippen LogP contribution >= 0.6 is 11.6 Å². The maximum atomic E-state index is 6.06. The fourth-order valence-corrected chi connectivity index (χ4v) is 1.91. The molecule has 0 aromatic heterocycles. The largest absolute Gasteiger partial charge is 0.326 e. The molecule has 0 heterocycles. The Morgan fingerprint density at radius 2 is 2.00 bits per heavy atom. The van der Waals surface area contributed by atoms with E-state index >= 15 is 0 Å². The lowest BCUT2D eigenvalue weighted by atomic mass is 9.97. The number of rotatable bonds is 3. The van der Waals surface area contributed by atoms with Crippen LogP contribution in [0.2, 0.25) is 5.02 Å². The molecule has 1 aromatic rings. The number of hydrogen-bond acceptors (Lipinski definition) is 2. The van der Waals surface area contributed by atoms with Crippen molar-refractivity contribution < 1.29 is 0 Å². The van der Waals surface area contributed by atoms with Crippen LogP contribution in [0.4, 0.5) is 0 Å². The van der Waals surface area contributed by atoms with Crippen LogP contribution in [-0.2, 0) is 0 Å². The monoisotopic (exact) mass is 210 g/mol. The van der Waals surface area contributed by atoms with Crippen LogP contribution < -0.4 is 11.5 Å². The van der Waals surface area contributed by atoms with Crippen molar-refractivity contribution in [2.75, 3.05) is 0 Å². The average molecular weight is 211 g/mol. The molecule has 0 radical (unpaired) electrons. The Morgan fingerprint density at radius 3 is 2.57 bits per heavy atom. The van der Waals surface area contributed by atoms with Crippen molar-refractivity contribution in [1.82, 2.24) is 0 Å². The molecule has 2 rings (SSSR count). The molecule has 1 aromatic carbocycles. The molecule has 0 bridgehead atoms. The molecule has 14 heavy (non-hydrogen) atoms. The molecule has 4 N–H and O–H groups in total. The van der Waals surface area contributed by atoms with Gasteiger partial charge in [-0.1, -0.05) is 23.7 Å². The summed E-state index contributed by atoms with van der Waals surface area (Å²) in [4.78, 5) is 0. The minimum atomic E-state index is -0.0822. The number of nitrogens with two attached hydrogens (primary N) is 2. The maximum absolute atomic E-state index is 6.06. The summed E-state index contributed by atoms with van der Waals surface area (Å²) in [6.45, 7) is 0. The van der Waals surface area contributed by atoms with E-state index in [1.54, 1.807) is 0 Å². The third-order valence-corrected chi connectivity index (χ3v) is 3.05. The fourth-order valence-electron chi connectivity index (χ4n) is 1.71. The predicted octanol–water partition coefficient (Wildman–Crippen LogP) is 2.08. The van der Waals surface area contributed by atoms with E-state index in [2.05, 4.69) is 0 Å². The molecule has 0 saturated heterocycles. The van der Waals surface area contributed by atoms with Gasteiger partial charge >= 0.3 is 0 Å². The summed E-state index contributed by atoms with van der Waals surface area (Å²) >= 11 is 5.89. The van der Waals surface area contributed by atoms with Crippen molar-refractivity contribution >= 4 is 11.6 Å². The van der Waals surface area contributed by atoms with Gasteiger partial charge in [-0.2, -0.15) is 0 Å². The van der Waals surface area contributed by atoms with Crippen molar-refractivity contribution in [3.8, 4) is 0 Å². The zero-order valence-corrected chi connectivity index (χ0v) is 8.74. The summed E-state index contributed by atoms with van der Waals surface area (Å²) in [7, 11) is 0. The molecule has 3 heteroatoms. The number of benzene rings is 1. The molecule has 2 atom stereocenters. The van der Waals surface area contributed by atoms with Crippen molar-refractivity contribution in [2.24, 2.45) is 17.4 Å². The molecule has 76 valence electrons. The van der Waals surface area contributed by atoms with Crippen LogP contribution in [0.3, 0.4) is 0 Å². The first-order valence-electron chi connectivity index (χ1n) is 4.95. The van der Waals surface area contributed by atoms with Crippen LogP contribution in [0, 0.1) is 5.92 Å². The second-order valence-corrected chi connectivity index (χ2v) is 4.43. The van der Waals surface area contributed by atoms with Gasteiger partial charge in [0.15, 0.2) is 0 Å². The Balaban J connectivity index is 2.13. The predicted molar refractivity (Wildman–Crippen MR) is 59.1 cm³/mol. The summed E-state index contributed by atoms with van der Waals surface area (Å²) in [5.41, 5.74) is 13.1. The fraction of sp³-hybridized carbons (Fsp3) is 0.455. The topological polar surface area (TPSA) is 52.0 Å². The molecule has 1 saturated carbocycles. The Bertz CT molecular complexity index is 323. The van der Waals surface area contributed by atoms with E-state index in [0.717, 1.165) is 10.6 Å². The van der Waals surface area contributed by atoms with Crippen molar-refractivity contribution in [3.05, 3.63) is 34.9 Å². The lowest BCUT2D eigenvalue weighted by Gasteiger charge is -2.19. The highest BCUT2D eigenvalue weighted by molar-refractivity contribution is 6.30. The van der Waals surface area contributed by atoms with Gasteiger partial charge in [0.25, 0.3) is 0 Å². The molecule has 0 aliphatic heterocycles. The summed E-state index contributed by atoms with van der Waals surface area (Å²) in [5.74, 6) is 0.615.